The normalized spacial score (nSPS) is 17.9. The molecule has 10 heteroatoms. The van der Waals surface area contributed by atoms with Gasteiger partial charge < -0.3 is 15.6 Å². The summed E-state index contributed by atoms with van der Waals surface area (Å²) in [6.45, 7) is 0. The lowest BCUT2D eigenvalue weighted by molar-refractivity contribution is 0.0998. The zero-order valence-electron chi connectivity index (χ0n) is 14.7. The zero-order valence-corrected chi connectivity index (χ0v) is 14.7. The highest BCUT2D eigenvalue weighted by Crippen LogP contribution is 2.54. The molecule has 28 heavy (non-hydrogen) atoms. The monoisotopic (exact) mass is 383 g/mol. The van der Waals surface area contributed by atoms with Crippen LogP contribution in [0.3, 0.4) is 0 Å². The first-order valence-electron chi connectivity index (χ1n) is 8.61. The number of fused-ring (bicyclic) bond motifs is 2. The first-order valence-corrected chi connectivity index (χ1v) is 8.61. The number of anilines is 1. The third kappa shape index (κ3) is 2.27. The highest BCUT2D eigenvalue weighted by Gasteiger charge is 2.58. The summed E-state index contributed by atoms with van der Waals surface area (Å²) >= 11 is 0. The number of rotatable bonds is 4. The van der Waals surface area contributed by atoms with Gasteiger partial charge in [0.2, 0.25) is 0 Å². The number of hydrogen-bond acceptors (Lipinski definition) is 5. The number of carbonyl (C=O) groups is 1. The third-order valence-electron chi connectivity index (χ3n) is 4.99. The fourth-order valence-electron chi connectivity index (χ4n) is 3.48. The molecule has 3 N–H and O–H groups in total. The van der Waals surface area contributed by atoms with Crippen LogP contribution in [0.25, 0.3) is 27.9 Å². The van der Waals surface area contributed by atoms with Crippen LogP contribution in [0.4, 0.5) is 14.6 Å². The van der Waals surface area contributed by atoms with E-state index in [9.17, 15) is 13.6 Å². The second-order valence-corrected chi connectivity index (χ2v) is 6.74. The molecular formula is C18H15F2N7O. The molecule has 0 aromatic carbocycles. The van der Waals surface area contributed by atoms with Crippen molar-refractivity contribution >= 4 is 28.4 Å². The van der Waals surface area contributed by atoms with E-state index in [-0.39, 0.29) is 17.6 Å². The minimum Gasteiger partial charge on any atom is -0.373 e. The van der Waals surface area contributed by atoms with Gasteiger partial charge in [-0.05, 0) is 12.1 Å². The van der Waals surface area contributed by atoms with Crippen LogP contribution >= 0.6 is 0 Å². The molecule has 5 rings (SSSR count). The number of amides is 1. The Labute approximate surface area is 157 Å². The summed E-state index contributed by atoms with van der Waals surface area (Å²) in [6.07, 6.45) is 4.35. The van der Waals surface area contributed by atoms with Crippen LogP contribution in [0.5, 0.6) is 0 Å². The Hall–Kier alpha value is -3.56. The van der Waals surface area contributed by atoms with Gasteiger partial charge >= 0.3 is 0 Å². The van der Waals surface area contributed by atoms with E-state index in [2.05, 4.69) is 20.4 Å². The highest BCUT2D eigenvalue weighted by atomic mass is 19.3. The maximum absolute atomic E-state index is 13.7. The number of nitrogens with two attached hydrogens (primary N) is 1. The van der Waals surface area contributed by atoms with E-state index in [4.69, 9.17) is 5.73 Å². The summed E-state index contributed by atoms with van der Waals surface area (Å²) in [6, 6.07) is 4.38. The lowest BCUT2D eigenvalue weighted by atomic mass is 10.1. The van der Waals surface area contributed by atoms with Gasteiger partial charge in [-0.15, -0.1) is 0 Å². The number of nitrogens with zero attached hydrogens (tertiary/aromatic N) is 5. The lowest BCUT2D eigenvalue weighted by Gasteiger charge is -2.07. The topological polar surface area (TPSA) is 103 Å². The largest absolute Gasteiger partial charge is 0.373 e. The van der Waals surface area contributed by atoms with Crippen molar-refractivity contribution in [2.24, 2.45) is 5.73 Å². The van der Waals surface area contributed by atoms with Crippen LogP contribution in [0.1, 0.15) is 22.8 Å². The van der Waals surface area contributed by atoms with Crippen molar-refractivity contribution in [3.63, 3.8) is 0 Å². The summed E-state index contributed by atoms with van der Waals surface area (Å²) < 4.78 is 30.4. The van der Waals surface area contributed by atoms with Crippen molar-refractivity contribution in [2.75, 3.05) is 12.4 Å². The fraction of sp³-hybridized carbons (Fsp3) is 0.222. The zero-order chi connectivity index (χ0) is 19.6. The summed E-state index contributed by atoms with van der Waals surface area (Å²) in [5.74, 6) is -2.81. The van der Waals surface area contributed by atoms with Gasteiger partial charge in [0.25, 0.3) is 11.8 Å². The average Bonchev–Trinajstić information content (AvgIpc) is 3.02. The molecule has 8 nitrogen and oxygen atoms in total. The second kappa shape index (κ2) is 5.47. The Bertz CT molecular complexity index is 1260. The number of halogens is 2. The number of alkyl halides is 2. The molecule has 0 bridgehead atoms. The van der Waals surface area contributed by atoms with Gasteiger partial charge in [0.15, 0.2) is 5.65 Å². The molecule has 4 heterocycles. The van der Waals surface area contributed by atoms with Crippen LogP contribution in [-0.4, -0.2) is 43.0 Å². The van der Waals surface area contributed by atoms with Crippen molar-refractivity contribution in [3.05, 3.63) is 42.4 Å². The van der Waals surface area contributed by atoms with Crippen LogP contribution in [0.15, 0.2) is 36.8 Å². The Morgan fingerprint density at radius 2 is 2.18 bits per heavy atom. The Kier molecular flexibility index (Phi) is 3.25. The number of aromatic nitrogens is 5. The van der Waals surface area contributed by atoms with Crippen molar-refractivity contribution < 1.29 is 13.6 Å². The van der Waals surface area contributed by atoms with Crippen LogP contribution in [-0.2, 0) is 0 Å². The third-order valence-corrected chi connectivity index (χ3v) is 4.99. The highest BCUT2D eigenvalue weighted by molar-refractivity contribution is 6.00. The van der Waals surface area contributed by atoms with Crippen molar-refractivity contribution in [1.82, 2.24) is 24.1 Å². The van der Waals surface area contributed by atoms with E-state index in [1.807, 2.05) is 6.07 Å². The summed E-state index contributed by atoms with van der Waals surface area (Å²) in [7, 11) is 1.71. The standard InChI is InChI=1S/C18H15F2N7O/c1-22-14-5-12(25-17-10(15(21)28)7-24-27(14)17)11-8-26(13-6-18(13,19)20)16-9(11)3-2-4-23-16/h2-5,7-8,13,22H,6H2,1H3,(H2,21,28). The number of hydrogen-bond donors (Lipinski definition) is 2. The number of nitrogens with one attached hydrogen (secondary N) is 1. The molecule has 142 valence electrons. The maximum Gasteiger partial charge on any atom is 0.270 e. The van der Waals surface area contributed by atoms with Gasteiger partial charge in [0.05, 0.1) is 11.9 Å². The van der Waals surface area contributed by atoms with Crippen LogP contribution < -0.4 is 11.1 Å². The summed E-state index contributed by atoms with van der Waals surface area (Å²) in [4.78, 5) is 20.6. The molecule has 0 aliphatic heterocycles. The van der Waals surface area contributed by atoms with E-state index >= 15 is 0 Å². The molecule has 1 aliphatic rings. The molecule has 1 saturated carbocycles. The molecule has 4 aromatic rings. The Morgan fingerprint density at radius 3 is 2.86 bits per heavy atom. The van der Waals surface area contributed by atoms with Crippen molar-refractivity contribution in [1.29, 1.82) is 0 Å². The molecular weight excluding hydrogens is 368 g/mol. The Morgan fingerprint density at radius 1 is 1.39 bits per heavy atom. The predicted molar refractivity (Wildman–Crippen MR) is 98.4 cm³/mol. The Balaban J connectivity index is 1.78. The molecule has 0 saturated heterocycles. The van der Waals surface area contributed by atoms with E-state index in [0.29, 0.717) is 28.1 Å². The van der Waals surface area contributed by atoms with Gasteiger partial charge in [-0.1, -0.05) is 0 Å². The molecule has 1 fully saturated rings. The molecule has 0 radical (unpaired) electrons. The first-order chi connectivity index (χ1) is 13.4. The fourth-order valence-corrected chi connectivity index (χ4v) is 3.48. The van der Waals surface area contributed by atoms with E-state index < -0.39 is 17.9 Å². The van der Waals surface area contributed by atoms with Crippen molar-refractivity contribution in [3.8, 4) is 11.3 Å². The van der Waals surface area contributed by atoms with Gasteiger partial charge in [-0.2, -0.15) is 9.61 Å². The van der Waals surface area contributed by atoms with Gasteiger partial charge in [-0.25, -0.2) is 18.7 Å². The molecule has 1 unspecified atom stereocenters. The molecule has 4 aromatic heterocycles. The predicted octanol–water partition coefficient (Wildman–Crippen LogP) is 2.47. The first kappa shape index (κ1) is 16.6. The quantitative estimate of drug-likeness (QED) is 0.564. The number of primary amides is 1. The van der Waals surface area contributed by atoms with E-state index in [1.54, 1.807) is 31.6 Å². The lowest BCUT2D eigenvalue weighted by Crippen LogP contribution is -2.11. The summed E-state index contributed by atoms with van der Waals surface area (Å²) in [5.41, 5.74) is 7.50. The maximum atomic E-state index is 13.7. The van der Waals surface area contributed by atoms with Crippen molar-refractivity contribution in [2.45, 2.75) is 18.4 Å². The van der Waals surface area contributed by atoms with Gasteiger partial charge in [0.1, 0.15) is 23.1 Å². The van der Waals surface area contributed by atoms with E-state index in [1.165, 1.54) is 15.3 Å². The smallest absolute Gasteiger partial charge is 0.270 e. The number of pyridine rings is 1. The molecule has 1 amide bonds. The molecule has 1 atom stereocenters. The summed E-state index contributed by atoms with van der Waals surface area (Å²) in [5, 5.41) is 7.84. The average molecular weight is 383 g/mol. The van der Waals surface area contributed by atoms with Gasteiger partial charge in [-0.3, -0.25) is 4.79 Å². The van der Waals surface area contributed by atoms with Gasteiger partial charge in [0, 0.05) is 42.9 Å². The second-order valence-electron chi connectivity index (χ2n) is 6.74. The van der Waals surface area contributed by atoms with Crippen LogP contribution in [0, 0.1) is 0 Å². The minimum atomic E-state index is -2.74. The van der Waals surface area contributed by atoms with E-state index in [0.717, 1.165) is 0 Å². The minimum absolute atomic E-state index is 0.175. The SMILES string of the molecule is CNc1cc(-c2cn(C3CC3(F)F)c3ncccc23)nc2c(C(N)=O)cnn12. The molecule has 1 aliphatic carbocycles. The van der Waals surface area contributed by atoms with Crippen LogP contribution in [0.2, 0.25) is 0 Å². The number of carbonyl (C=O) groups excluding carboxylic acids is 1. The molecule has 0 spiro atoms.